The molecule has 0 saturated carbocycles. The van der Waals surface area contributed by atoms with E-state index in [0.717, 1.165) is 0 Å². The fourth-order valence-corrected chi connectivity index (χ4v) is 1.16. The van der Waals surface area contributed by atoms with Crippen LogP contribution in [0, 0.1) is 6.92 Å². The van der Waals surface area contributed by atoms with Crippen LogP contribution in [0.1, 0.15) is 30.3 Å². The number of hydrogen-bond donors (Lipinski definition) is 1. The van der Waals surface area contributed by atoms with Crippen LogP contribution < -0.4 is 0 Å². The Balaban J connectivity index is 2.51. The van der Waals surface area contributed by atoms with Crippen molar-refractivity contribution in [1.29, 1.82) is 0 Å². The molecule has 0 bridgehead atoms. The van der Waals surface area contributed by atoms with E-state index >= 15 is 0 Å². The molecule has 0 spiro atoms. The number of furan rings is 1. The first-order chi connectivity index (χ1) is 6.40. The van der Waals surface area contributed by atoms with Gasteiger partial charge in [0.1, 0.15) is 11.9 Å². The summed E-state index contributed by atoms with van der Waals surface area (Å²) < 4.78 is 40.3. The minimum absolute atomic E-state index is 0.217. The van der Waals surface area contributed by atoms with Crippen molar-refractivity contribution >= 4 is 0 Å². The van der Waals surface area contributed by atoms with Crippen LogP contribution in [0.25, 0.3) is 0 Å². The predicted molar refractivity (Wildman–Crippen MR) is 43.7 cm³/mol. The summed E-state index contributed by atoms with van der Waals surface area (Å²) in [4.78, 5) is 0. The molecule has 1 N–H and O–H groups in total. The quantitative estimate of drug-likeness (QED) is 0.828. The SMILES string of the molecule is Cc1ccoc1C(O)CCC(F)(F)F. The summed E-state index contributed by atoms with van der Waals surface area (Å²) in [5, 5.41) is 9.36. The van der Waals surface area contributed by atoms with Crippen LogP contribution in [0.5, 0.6) is 0 Å². The number of rotatable bonds is 3. The first-order valence-corrected chi connectivity index (χ1v) is 4.19. The number of aliphatic hydroxyl groups excluding tert-OH is 1. The summed E-state index contributed by atoms with van der Waals surface area (Å²) in [5.41, 5.74) is 0.666. The zero-order chi connectivity index (χ0) is 10.8. The lowest BCUT2D eigenvalue weighted by molar-refractivity contribution is -0.140. The van der Waals surface area contributed by atoms with Crippen molar-refractivity contribution in [2.24, 2.45) is 0 Å². The fraction of sp³-hybridized carbons (Fsp3) is 0.556. The smallest absolute Gasteiger partial charge is 0.389 e. The summed E-state index contributed by atoms with van der Waals surface area (Å²) in [6.07, 6.45) is -5.43. The minimum Gasteiger partial charge on any atom is -0.466 e. The van der Waals surface area contributed by atoms with E-state index < -0.39 is 18.7 Å². The highest BCUT2D eigenvalue weighted by Crippen LogP contribution is 2.28. The van der Waals surface area contributed by atoms with Gasteiger partial charge < -0.3 is 9.52 Å². The Morgan fingerprint density at radius 3 is 2.57 bits per heavy atom. The maximum absolute atomic E-state index is 11.8. The van der Waals surface area contributed by atoms with E-state index in [4.69, 9.17) is 4.42 Å². The minimum atomic E-state index is -4.23. The molecule has 1 atom stereocenters. The molecule has 1 rings (SSSR count). The third-order valence-corrected chi connectivity index (χ3v) is 1.91. The molecule has 1 aromatic heterocycles. The van der Waals surface area contributed by atoms with E-state index in [1.165, 1.54) is 6.26 Å². The van der Waals surface area contributed by atoms with Crippen molar-refractivity contribution in [1.82, 2.24) is 0 Å². The van der Waals surface area contributed by atoms with Gasteiger partial charge in [-0.2, -0.15) is 13.2 Å². The Morgan fingerprint density at radius 1 is 1.50 bits per heavy atom. The first kappa shape index (κ1) is 11.1. The largest absolute Gasteiger partial charge is 0.466 e. The summed E-state index contributed by atoms with van der Waals surface area (Å²) >= 11 is 0. The molecule has 5 heteroatoms. The maximum Gasteiger partial charge on any atom is 0.389 e. The van der Waals surface area contributed by atoms with Gasteiger partial charge in [0.25, 0.3) is 0 Å². The van der Waals surface area contributed by atoms with E-state index in [2.05, 4.69) is 0 Å². The standard InChI is InChI=1S/C9H11F3O2/c1-6-3-5-14-8(6)7(13)2-4-9(10,11)12/h3,5,7,13H,2,4H2,1H3. The lowest BCUT2D eigenvalue weighted by atomic mass is 10.1. The van der Waals surface area contributed by atoms with Gasteiger partial charge in [-0.3, -0.25) is 0 Å². The lowest BCUT2D eigenvalue weighted by Crippen LogP contribution is -2.10. The molecule has 1 aromatic rings. The third kappa shape index (κ3) is 3.06. The van der Waals surface area contributed by atoms with Gasteiger partial charge in [0, 0.05) is 6.42 Å². The average molecular weight is 208 g/mol. The zero-order valence-electron chi connectivity index (χ0n) is 7.64. The molecule has 1 unspecified atom stereocenters. The van der Waals surface area contributed by atoms with Gasteiger partial charge in [0.05, 0.1) is 6.26 Å². The van der Waals surface area contributed by atoms with Crippen molar-refractivity contribution in [3.8, 4) is 0 Å². The van der Waals surface area contributed by atoms with Crippen LogP contribution in [0.3, 0.4) is 0 Å². The molecule has 0 aliphatic heterocycles. The fourth-order valence-electron chi connectivity index (χ4n) is 1.16. The van der Waals surface area contributed by atoms with Crippen molar-refractivity contribution in [3.05, 3.63) is 23.7 Å². The number of hydrogen-bond acceptors (Lipinski definition) is 2. The van der Waals surface area contributed by atoms with Gasteiger partial charge in [-0.05, 0) is 25.0 Å². The molecule has 0 fully saturated rings. The second-order valence-corrected chi connectivity index (χ2v) is 3.14. The van der Waals surface area contributed by atoms with E-state index in [9.17, 15) is 18.3 Å². The molecule has 1 heterocycles. The maximum atomic E-state index is 11.8. The summed E-state index contributed by atoms with van der Waals surface area (Å²) in [6, 6.07) is 1.60. The number of alkyl halides is 3. The topological polar surface area (TPSA) is 33.4 Å². The van der Waals surface area contributed by atoms with Crippen molar-refractivity contribution < 1.29 is 22.7 Å². The Morgan fingerprint density at radius 2 is 2.14 bits per heavy atom. The predicted octanol–water partition coefficient (Wildman–Crippen LogP) is 2.96. The Bertz CT molecular complexity index is 290. The molecular weight excluding hydrogens is 197 g/mol. The lowest BCUT2D eigenvalue weighted by Gasteiger charge is -2.10. The normalized spacial score (nSPS) is 14.4. The highest BCUT2D eigenvalue weighted by atomic mass is 19.4. The number of halogens is 3. The summed E-state index contributed by atoms with van der Waals surface area (Å²) in [6.45, 7) is 1.68. The van der Waals surface area contributed by atoms with Crippen LogP contribution in [-0.2, 0) is 0 Å². The van der Waals surface area contributed by atoms with E-state index in [1.54, 1.807) is 13.0 Å². The van der Waals surface area contributed by atoms with Gasteiger partial charge in [-0.1, -0.05) is 0 Å². The molecule has 0 amide bonds. The Kier molecular flexibility index (Phi) is 3.21. The highest BCUT2D eigenvalue weighted by molar-refractivity contribution is 5.16. The molecular formula is C9H11F3O2. The van der Waals surface area contributed by atoms with Gasteiger partial charge in [0.15, 0.2) is 0 Å². The molecule has 0 saturated heterocycles. The van der Waals surface area contributed by atoms with Gasteiger partial charge >= 0.3 is 6.18 Å². The summed E-state index contributed by atoms with van der Waals surface area (Å²) in [7, 11) is 0. The van der Waals surface area contributed by atoms with E-state index in [1.807, 2.05) is 0 Å². The average Bonchev–Trinajstić information content (AvgIpc) is 2.46. The van der Waals surface area contributed by atoms with Crippen LogP contribution in [-0.4, -0.2) is 11.3 Å². The van der Waals surface area contributed by atoms with Crippen molar-refractivity contribution in [3.63, 3.8) is 0 Å². The third-order valence-electron chi connectivity index (χ3n) is 1.91. The number of aryl methyl sites for hydroxylation is 1. The number of aliphatic hydroxyl groups is 1. The van der Waals surface area contributed by atoms with Gasteiger partial charge in [-0.15, -0.1) is 0 Å². The van der Waals surface area contributed by atoms with Crippen LogP contribution in [0.15, 0.2) is 16.7 Å². The van der Waals surface area contributed by atoms with Crippen LogP contribution >= 0.6 is 0 Å². The zero-order valence-corrected chi connectivity index (χ0v) is 7.64. The second kappa shape index (κ2) is 4.04. The molecule has 2 nitrogen and oxygen atoms in total. The van der Waals surface area contributed by atoms with Crippen molar-refractivity contribution in [2.45, 2.75) is 32.0 Å². The molecule has 0 radical (unpaired) electrons. The molecule has 14 heavy (non-hydrogen) atoms. The summed E-state index contributed by atoms with van der Waals surface area (Å²) in [5.74, 6) is 0.217. The first-order valence-electron chi connectivity index (χ1n) is 4.19. The second-order valence-electron chi connectivity index (χ2n) is 3.14. The Hall–Kier alpha value is -0.970. The van der Waals surface area contributed by atoms with Crippen LogP contribution in [0.4, 0.5) is 13.2 Å². The van der Waals surface area contributed by atoms with Gasteiger partial charge in [-0.25, -0.2) is 0 Å². The van der Waals surface area contributed by atoms with E-state index in [-0.39, 0.29) is 12.2 Å². The Labute approximate surface area is 79.3 Å². The molecule has 0 aromatic carbocycles. The van der Waals surface area contributed by atoms with Crippen molar-refractivity contribution in [2.75, 3.05) is 0 Å². The van der Waals surface area contributed by atoms with Gasteiger partial charge in [0.2, 0.25) is 0 Å². The molecule has 80 valence electrons. The molecule has 0 aliphatic carbocycles. The van der Waals surface area contributed by atoms with E-state index in [0.29, 0.717) is 5.56 Å². The highest BCUT2D eigenvalue weighted by Gasteiger charge is 2.29. The monoisotopic (exact) mass is 208 g/mol. The molecule has 0 aliphatic rings. The van der Waals surface area contributed by atoms with Crippen LogP contribution in [0.2, 0.25) is 0 Å².